The first-order chi connectivity index (χ1) is 10.7. The molecule has 0 atom stereocenters. The Hall–Kier alpha value is -1.56. The second-order valence-corrected chi connectivity index (χ2v) is 5.22. The summed E-state index contributed by atoms with van der Waals surface area (Å²) >= 11 is 0. The summed E-state index contributed by atoms with van der Waals surface area (Å²) in [4.78, 5) is 0. The van der Waals surface area contributed by atoms with Crippen molar-refractivity contribution in [3.8, 4) is 0 Å². The Morgan fingerprint density at radius 1 is 0.591 bits per heavy atom. The van der Waals surface area contributed by atoms with Crippen LogP contribution in [0.2, 0.25) is 0 Å². The van der Waals surface area contributed by atoms with Crippen molar-refractivity contribution < 1.29 is 0 Å². The largest absolute Gasteiger partial charge is 0.0683 e. The zero-order valence-electron chi connectivity index (χ0n) is 15.6. The molecule has 3 rings (SSSR count). The van der Waals surface area contributed by atoms with Gasteiger partial charge in [0.2, 0.25) is 0 Å². The van der Waals surface area contributed by atoms with E-state index in [0.717, 1.165) is 5.92 Å². The minimum atomic E-state index is 0.904. The van der Waals surface area contributed by atoms with Crippen LogP contribution < -0.4 is 0 Å². The van der Waals surface area contributed by atoms with E-state index in [2.05, 4.69) is 69.3 Å². The van der Waals surface area contributed by atoms with Gasteiger partial charge in [0.05, 0.1) is 0 Å². The Labute approximate surface area is 138 Å². The number of rotatable bonds is 1. The molecule has 122 valence electrons. The molecule has 0 N–H and O–H groups in total. The first kappa shape index (κ1) is 20.4. The van der Waals surface area contributed by atoms with E-state index in [9.17, 15) is 0 Å². The molecule has 0 nitrogen and oxygen atoms in total. The summed E-state index contributed by atoms with van der Waals surface area (Å²) in [7, 11) is 0. The van der Waals surface area contributed by atoms with Crippen molar-refractivity contribution in [2.75, 3.05) is 0 Å². The van der Waals surface area contributed by atoms with Gasteiger partial charge < -0.3 is 0 Å². The van der Waals surface area contributed by atoms with E-state index in [4.69, 9.17) is 0 Å². The molecule has 22 heavy (non-hydrogen) atoms. The smallest absolute Gasteiger partial charge is 0.0159 e. The minimum absolute atomic E-state index is 0.904. The standard InChI is InChI=1S/C10H12.C8H10.2C2H6/c1-8-4-2-3-5-10(8)9-6-7-9;1-7-5-3-4-6-8(7)2;2*1-2/h2-5,9H,6-7H2,1H3;3-6H,1-2H3;2*1-2H3. The zero-order valence-corrected chi connectivity index (χ0v) is 15.6. The Morgan fingerprint density at radius 3 is 1.27 bits per heavy atom. The molecule has 0 amide bonds. The van der Waals surface area contributed by atoms with Crippen molar-refractivity contribution >= 4 is 0 Å². The molecular formula is C22H34. The molecule has 1 saturated carbocycles. The lowest BCUT2D eigenvalue weighted by atomic mass is 10.1. The number of hydrogen-bond acceptors (Lipinski definition) is 0. The van der Waals surface area contributed by atoms with Crippen LogP contribution in [0.3, 0.4) is 0 Å². The maximum atomic E-state index is 2.26. The first-order valence-corrected chi connectivity index (χ1v) is 8.76. The third-order valence-corrected chi connectivity index (χ3v) is 3.63. The third kappa shape index (κ3) is 7.45. The van der Waals surface area contributed by atoms with Crippen molar-refractivity contribution in [1.82, 2.24) is 0 Å². The topological polar surface area (TPSA) is 0 Å². The maximum absolute atomic E-state index is 2.26. The van der Waals surface area contributed by atoms with Gasteiger partial charge in [0, 0.05) is 0 Å². The predicted molar refractivity (Wildman–Crippen MR) is 102 cm³/mol. The Kier molecular flexibility index (Phi) is 11.2. The third-order valence-electron chi connectivity index (χ3n) is 3.63. The molecule has 1 fully saturated rings. The first-order valence-electron chi connectivity index (χ1n) is 8.76. The molecular weight excluding hydrogens is 264 g/mol. The van der Waals surface area contributed by atoms with E-state index in [0.29, 0.717) is 0 Å². The highest BCUT2D eigenvalue weighted by Crippen LogP contribution is 2.41. The summed E-state index contributed by atoms with van der Waals surface area (Å²) in [6.45, 7) is 14.4. The van der Waals surface area contributed by atoms with E-state index in [-0.39, 0.29) is 0 Å². The molecule has 0 aromatic heterocycles. The van der Waals surface area contributed by atoms with Gasteiger partial charge in [0.1, 0.15) is 0 Å². The van der Waals surface area contributed by atoms with Gasteiger partial charge in [-0.05, 0) is 61.8 Å². The highest BCUT2D eigenvalue weighted by Gasteiger charge is 2.24. The van der Waals surface area contributed by atoms with Crippen molar-refractivity contribution in [3.63, 3.8) is 0 Å². The summed E-state index contributed by atoms with van der Waals surface area (Å²) in [5.41, 5.74) is 5.77. The van der Waals surface area contributed by atoms with E-state index in [1.54, 1.807) is 5.56 Å². The van der Waals surface area contributed by atoms with Crippen LogP contribution in [0.1, 0.15) is 68.7 Å². The summed E-state index contributed by atoms with van der Waals surface area (Å²) in [6, 6.07) is 17.1. The van der Waals surface area contributed by atoms with Crippen LogP contribution >= 0.6 is 0 Å². The van der Waals surface area contributed by atoms with Gasteiger partial charge >= 0.3 is 0 Å². The van der Waals surface area contributed by atoms with Crippen LogP contribution in [0.5, 0.6) is 0 Å². The summed E-state index contributed by atoms with van der Waals surface area (Å²) in [6.07, 6.45) is 2.82. The molecule has 0 heterocycles. The normalized spacial score (nSPS) is 11.8. The van der Waals surface area contributed by atoms with Gasteiger partial charge in [0.25, 0.3) is 0 Å². The molecule has 2 aromatic carbocycles. The monoisotopic (exact) mass is 298 g/mol. The molecule has 2 aromatic rings. The molecule has 0 heteroatoms. The molecule has 1 aliphatic carbocycles. The molecule has 0 saturated heterocycles. The van der Waals surface area contributed by atoms with Crippen LogP contribution in [-0.2, 0) is 0 Å². The highest BCUT2D eigenvalue weighted by atomic mass is 14.3. The highest BCUT2D eigenvalue weighted by molar-refractivity contribution is 5.31. The van der Waals surface area contributed by atoms with E-state index < -0.39 is 0 Å². The molecule has 0 aliphatic heterocycles. The quantitative estimate of drug-likeness (QED) is 0.521. The van der Waals surface area contributed by atoms with Crippen molar-refractivity contribution in [3.05, 3.63) is 70.8 Å². The van der Waals surface area contributed by atoms with Gasteiger partial charge in [0.15, 0.2) is 0 Å². The molecule has 0 spiro atoms. The fourth-order valence-electron chi connectivity index (χ4n) is 2.10. The fraction of sp³-hybridized carbons (Fsp3) is 0.455. The van der Waals surface area contributed by atoms with Crippen molar-refractivity contribution in [1.29, 1.82) is 0 Å². The predicted octanol–water partition coefficient (Wildman–Crippen LogP) is 7.23. The Balaban J connectivity index is 0.000000333. The van der Waals surface area contributed by atoms with Crippen molar-refractivity contribution in [2.45, 2.75) is 67.2 Å². The number of hydrogen-bond donors (Lipinski definition) is 0. The summed E-state index contributed by atoms with van der Waals surface area (Å²) < 4.78 is 0. The van der Waals surface area contributed by atoms with Gasteiger partial charge in [-0.2, -0.15) is 0 Å². The molecule has 1 aliphatic rings. The molecule has 0 radical (unpaired) electrons. The van der Waals surface area contributed by atoms with Gasteiger partial charge in [-0.3, -0.25) is 0 Å². The average molecular weight is 299 g/mol. The molecule has 0 unspecified atom stereocenters. The number of benzene rings is 2. The van der Waals surface area contributed by atoms with Gasteiger partial charge in [-0.1, -0.05) is 76.2 Å². The lowest BCUT2D eigenvalue weighted by Crippen LogP contribution is -1.82. The maximum Gasteiger partial charge on any atom is -0.0159 e. The van der Waals surface area contributed by atoms with Crippen LogP contribution in [0.15, 0.2) is 48.5 Å². The summed E-state index contributed by atoms with van der Waals surface area (Å²) in [5.74, 6) is 0.904. The second-order valence-electron chi connectivity index (χ2n) is 5.22. The summed E-state index contributed by atoms with van der Waals surface area (Å²) in [5, 5.41) is 0. The van der Waals surface area contributed by atoms with Gasteiger partial charge in [-0.25, -0.2) is 0 Å². The molecule has 0 bridgehead atoms. The Morgan fingerprint density at radius 2 is 0.955 bits per heavy atom. The average Bonchev–Trinajstić information content (AvgIpc) is 3.40. The van der Waals surface area contributed by atoms with Crippen LogP contribution in [0.4, 0.5) is 0 Å². The van der Waals surface area contributed by atoms with Gasteiger partial charge in [-0.15, -0.1) is 0 Å². The second kappa shape index (κ2) is 12.0. The SMILES string of the molecule is CC.CC.Cc1ccccc1C.Cc1ccccc1C1CC1. The van der Waals surface area contributed by atoms with E-state index in [1.165, 1.54) is 29.5 Å². The fourth-order valence-corrected chi connectivity index (χ4v) is 2.10. The zero-order chi connectivity index (χ0) is 17.0. The minimum Gasteiger partial charge on any atom is -0.0683 e. The Bertz CT molecular complexity index is 486. The van der Waals surface area contributed by atoms with Crippen LogP contribution in [0, 0.1) is 20.8 Å². The van der Waals surface area contributed by atoms with E-state index >= 15 is 0 Å². The lowest BCUT2D eigenvalue weighted by Gasteiger charge is -2.00. The van der Waals surface area contributed by atoms with Crippen LogP contribution in [-0.4, -0.2) is 0 Å². The number of aryl methyl sites for hydroxylation is 3. The van der Waals surface area contributed by atoms with Crippen LogP contribution in [0.25, 0.3) is 0 Å². The lowest BCUT2D eigenvalue weighted by molar-refractivity contribution is 1.10. The van der Waals surface area contributed by atoms with Crippen molar-refractivity contribution in [2.24, 2.45) is 0 Å². The van der Waals surface area contributed by atoms with E-state index in [1.807, 2.05) is 27.7 Å².